The minimum Gasteiger partial charge on any atom is -0.125 e. The summed E-state index contributed by atoms with van der Waals surface area (Å²) in [6, 6.07) is 0. The van der Waals surface area contributed by atoms with Gasteiger partial charge in [-0.15, -0.1) is 8.58 Å². The number of rotatable bonds is 8. The van der Waals surface area contributed by atoms with E-state index in [1.165, 1.54) is 59.7 Å². The molecule has 0 aliphatic heterocycles. The van der Waals surface area contributed by atoms with E-state index in [1.807, 2.05) is 0 Å². The van der Waals surface area contributed by atoms with Crippen LogP contribution in [0.3, 0.4) is 0 Å². The van der Waals surface area contributed by atoms with Gasteiger partial charge in [0, 0.05) is 39.9 Å². The van der Waals surface area contributed by atoms with Crippen LogP contribution < -0.4 is 0 Å². The van der Waals surface area contributed by atoms with E-state index >= 15 is 0 Å². The molecule has 2 heteroatoms. The van der Waals surface area contributed by atoms with E-state index in [1.54, 1.807) is 0 Å². The summed E-state index contributed by atoms with van der Waals surface area (Å²) in [5.74, 6) is 0. The molecule has 0 aromatic heterocycles. The number of hydrogen-bond donors (Lipinski definition) is 0. The fourth-order valence-corrected chi connectivity index (χ4v) is 1.86. The van der Waals surface area contributed by atoms with Gasteiger partial charge < -0.3 is 0 Å². The van der Waals surface area contributed by atoms with Gasteiger partial charge in [0.2, 0.25) is 0 Å². The number of unbranched alkanes of at least 4 members (excludes halogenated alkanes) is 6. The molecule has 0 aliphatic carbocycles. The number of hydrogen-bond acceptors (Lipinski definition) is 0. The van der Waals surface area contributed by atoms with E-state index in [0.29, 0.717) is 0 Å². The molecule has 0 aliphatic rings. The predicted molar refractivity (Wildman–Crippen MR) is 57.1 cm³/mol. The Kier molecular flexibility index (Phi) is 20.6. The van der Waals surface area contributed by atoms with Crippen molar-refractivity contribution in [3.05, 3.63) is 0 Å². The zero-order valence-electron chi connectivity index (χ0n) is 8.51. The van der Waals surface area contributed by atoms with Crippen molar-refractivity contribution < 1.29 is 39.9 Å². The van der Waals surface area contributed by atoms with Crippen molar-refractivity contribution in [3.63, 3.8) is 0 Å². The zero-order valence-corrected chi connectivity index (χ0v) is 11.8. The average molecular weight is 332 g/mol. The molecule has 0 heterocycles. The van der Waals surface area contributed by atoms with E-state index < -0.39 is 0 Å². The quantitative estimate of drug-likeness (QED) is 0.465. The van der Waals surface area contributed by atoms with Gasteiger partial charge in [-0.2, -0.15) is 0 Å². The van der Waals surface area contributed by atoms with Gasteiger partial charge in [0.1, 0.15) is 0 Å². The summed E-state index contributed by atoms with van der Waals surface area (Å²) >= 11 is 0. The maximum Gasteiger partial charge on any atom is 0 e. The van der Waals surface area contributed by atoms with Crippen LogP contribution in [0.5, 0.6) is 0 Å². The molecule has 1 unspecified atom stereocenters. The first-order valence-electron chi connectivity index (χ1n) is 5.06. The van der Waals surface area contributed by atoms with Gasteiger partial charge in [-0.05, 0) is 19.2 Å². The van der Waals surface area contributed by atoms with Crippen LogP contribution in [0.1, 0.15) is 51.9 Å². The van der Waals surface area contributed by atoms with Crippen LogP contribution in [0.2, 0.25) is 0 Å². The second-order valence-electron chi connectivity index (χ2n) is 3.22. The Labute approximate surface area is 112 Å². The van der Waals surface area contributed by atoms with Crippen molar-refractivity contribution in [2.24, 2.45) is 0 Å². The van der Waals surface area contributed by atoms with Gasteiger partial charge in [0.15, 0.2) is 0 Å². The molecule has 0 saturated heterocycles. The Balaban J connectivity index is 0. The van der Waals surface area contributed by atoms with Crippen LogP contribution in [0.15, 0.2) is 0 Å². The largest absolute Gasteiger partial charge is 0.125 e. The van der Waals surface area contributed by atoms with Crippen LogP contribution in [0.4, 0.5) is 0 Å². The molecule has 0 amide bonds. The minimum atomic E-state index is 0. The van der Waals surface area contributed by atoms with Gasteiger partial charge in [0.25, 0.3) is 0 Å². The van der Waals surface area contributed by atoms with Crippen molar-refractivity contribution in [2.45, 2.75) is 51.9 Å². The molecule has 0 N–H and O–H groups in total. The Hall–Kier alpha value is 1.75. The first kappa shape index (κ1) is 16.2. The molecule has 0 aromatic rings. The molecule has 0 saturated carbocycles. The van der Waals surface area contributed by atoms with Crippen LogP contribution in [0, 0.1) is 39.9 Å². The van der Waals surface area contributed by atoms with Gasteiger partial charge in [-0.25, -0.2) is 0 Å². The Morgan fingerprint density at radius 1 is 0.833 bits per heavy atom. The molecule has 12 heavy (non-hydrogen) atoms. The van der Waals surface area contributed by atoms with Crippen LogP contribution in [-0.4, -0.2) is 12.8 Å². The molecule has 0 rings (SSSR count). The zero-order chi connectivity index (χ0) is 8.36. The summed E-state index contributed by atoms with van der Waals surface area (Å²) in [6.07, 6.45) is 11.6. The molecular weight excluding hydrogens is 308 g/mol. The second-order valence-corrected chi connectivity index (χ2v) is 4.43. The summed E-state index contributed by atoms with van der Waals surface area (Å²) in [5, 5.41) is 0. The van der Waals surface area contributed by atoms with Gasteiger partial charge in [0.05, 0.1) is 0 Å². The molecule has 0 fully saturated rings. The van der Waals surface area contributed by atoms with Gasteiger partial charge in [-0.1, -0.05) is 45.4 Å². The standard InChI is InChI=1S/C10H23P.Gd/c1-3-4-5-6-7-8-9-10-11-2;/h11H,3-10H2,1-2H3;. The van der Waals surface area contributed by atoms with Crippen LogP contribution in [0.25, 0.3) is 0 Å². The molecule has 76 valence electrons. The van der Waals surface area contributed by atoms with Crippen molar-refractivity contribution in [2.75, 3.05) is 12.8 Å². The first-order chi connectivity index (χ1) is 5.41. The Morgan fingerprint density at radius 3 is 1.83 bits per heavy atom. The normalized spacial score (nSPS) is 10.5. The van der Waals surface area contributed by atoms with Crippen molar-refractivity contribution >= 4 is 8.58 Å². The van der Waals surface area contributed by atoms with Crippen LogP contribution >= 0.6 is 8.58 Å². The van der Waals surface area contributed by atoms with E-state index in [0.717, 1.165) is 0 Å². The summed E-state index contributed by atoms with van der Waals surface area (Å²) < 4.78 is 0. The molecular formula is C10H23GdP. The summed E-state index contributed by atoms with van der Waals surface area (Å²) in [4.78, 5) is 0. The van der Waals surface area contributed by atoms with Gasteiger partial charge >= 0.3 is 0 Å². The average Bonchev–Trinajstić information content (AvgIpc) is 2.03. The molecule has 1 atom stereocenters. The van der Waals surface area contributed by atoms with E-state index in [-0.39, 0.29) is 39.9 Å². The molecule has 0 nitrogen and oxygen atoms in total. The predicted octanol–water partition coefficient (Wildman–Crippen LogP) is 4.05. The van der Waals surface area contributed by atoms with E-state index in [9.17, 15) is 0 Å². The van der Waals surface area contributed by atoms with E-state index in [4.69, 9.17) is 0 Å². The second kappa shape index (κ2) is 15.2. The summed E-state index contributed by atoms with van der Waals surface area (Å²) in [5.41, 5.74) is 0. The maximum absolute atomic E-state index is 2.30. The van der Waals surface area contributed by atoms with E-state index in [2.05, 4.69) is 13.6 Å². The molecule has 0 aromatic carbocycles. The molecule has 0 bridgehead atoms. The first-order valence-corrected chi connectivity index (χ1v) is 6.77. The third-order valence-electron chi connectivity index (χ3n) is 2.03. The maximum atomic E-state index is 2.30. The Bertz CT molecular complexity index is 58.9. The smallest absolute Gasteiger partial charge is 0 e. The van der Waals surface area contributed by atoms with Crippen molar-refractivity contribution in [1.82, 2.24) is 0 Å². The monoisotopic (exact) mass is 332 g/mol. The summed E-state index contributed by atoms with van der Waals surface area (Å²) in [7, 11) is 1.17. The SMILES string of the molecule is CCCCCCCCCPC.[Gd]. The van der Waals surface area contributed by atoms with Crippen molar-refractivity contribution in [3.8, 4) is 0 Å². The minimum absolute atomic E-state index is 0. The fraction of sp³-hybridized carbons (Fsp3) is 1.00. The molecule has 0 spiro atoms. The Morgan fingerprint density at radius 2 is 1.33 bits per heavy atom. The topological polar surface area (TPSA) is 0 Å². The fourth-order valence-electron chi connectivity index (χ4n) is 1.26. The summed E-state index contributed by atoms with van der Waals surface area (Å²) in [6.45, 7) is 4.58. The third-order valence-corrected chi connectivity index (χ3v) is 2.88. The van der Waals surface area contributed by atoms with Crippen LogP contribution in [-0.2, 0) is 0 Å². The van der Waals surface area contributed by atoms with Crippen molar-refractivity contribution in [1.29, 1.82) is 0 Å². The van der Waals surface area contributed by atoms with Gasteiger partial charge in [-0.3, -0.25) is 0 Å². The third kappa shape index (κ3) is 14.3. The molecule has 0 radical (unpaired) electrons.